The number of aryl methyl sites for hydroxylation is 1. The van der Waals surface area contributed by atoms with E-state index in [1.807, 2.05) is 43.2 Å². The van der Waals surface area contributed by atoms with Crippen molar-refractivity contribution in [3.63, 3.8) is 0 Å². The summed E-state index contributed by atoms with van der Waals surface area (Å²) in [4.78, 5) is 0. The largest absolute Gasteiger partial charge is 0.205 e. The summed E-state index contributed by atoms with van der Waals surface area (Å²) in [5.41, 5.74) is 1.97. The summed E-state index contributed by atoms with van der Waals surface area (Å²) in [6.45, 7) is 1.98. The number of benzene rings is 2. The third-order valence-corrected chi connectivity index (χ3v) is 3.41. The number of halogens is 2. The summed E-state index contributed by atoms with van der Waals surface area (Å²) in [7, 11) is 0. The molecule has 0 N–H and O–H groups in total. The number of nitrogens with zero attached hydrogens (tertiary/aromatic N) is 1. The van der Waals surface area contributed by atoms with E-state index in [9.17, 15) is 8.78 Å². The first-order chi connectivity index (χ1) is 11.2. The Labute approximate surface area is 134 Å². The van der Waals surface area contributed by atoms with Crippen LogP contribution in [0.2, 0.25) is 0 Å². The van der Waals surface area contributed by atoms with Crippen molar-refractivity contribution in [3.8, 4) is 29.0 Å². The Morgan fingerprint density at radius 3 is 2.26 bits per heavy atom. The topological polar surface area (TPSA) is 23.8 Å². The van der Waals surface area contributed by atoms with E-state index in [4.69, 9.17) is 5.26 Å². The molecular weight excluding hydrogens is 292 g/mol. The third kappa shape index (κ3) is 4.28. The highest BCUT2D eigenvalue weighted by atomic mass is 19.1. The summed E-state index contributed by atoms with van der Waals surface area (Å²) in [6, 6.07) is 11.6. The molecule has 114 valence electrons. The zero-order valence-electron chi connectivity index (χ0n) is 12.7. The van der Waals surface area contributed by atoms with Crippen molar-refractivity contribution >= 4 is 0 Å². The summed E-state index contributed by atoms with van der Waals surface area (Å²) in [6.07, 6.45) is 6.00. The van der Waals surface area contributed by atoms with Crippen LogP contribution in [0.4, 0.5) is 8.78 Å². The fourth-order valence-electron chi connectivity index (χ4n) is 2.23. The molecule has 0 radical (unpaired) electrons. The minimum atomic E-state index is -0.764. The van der Waals surface area contributed by atoms with Gasteiger partial charge in [-0.1, -0.05) is 36.4 Å². The minimum Gasteiger partial charge on any atom is -0.205 e. The van der Waals surface area contributed by atoms with Crippen molar-refractivity contribution < 1.29 is 8.78 Å². The van der Waals surface area contributed by atoms with Gasteiger partial charge in [-0.05, 0) is 54.5 Å². The minimum absolute atomic E-state index is 0.377. The molecule has 0 spiro atoms. The highest BCUT2D eigenvalue weighted by Crippen LogP contribution is 2.24. The molecule has 0 aliphatic heterocycles. The van der Waals surface area contributed by atoms with E-state index in [0.29, 0.717) is 5.56 Å². The van der Waals surface area contributed by atoms with Gasteiger partial charge in [-0.3, -0.25) is 0 Å². The molecular formula is C20H15F2N. The average Bonchev–Trinajstić information content (AvgIpc) is 2.55. The van der Waals surface area contributed by atoms with Gasteiger partial charge in [0.2, 0.25) is 0 Å². The van der Waals surface area contributed by atoms with Crippen molar-refractivity contribution in [2.45, 2.75) is 19.8 Å². The number of hydrogen-bond donors (Lipinski definition) is 0. The average molecular weight is 307 g/mol. The molecule has 0 aliphatic rings. The smallest absolute Gasteiger partial charge is 0.152 e. The Balaban J connectivity index is 2.27. The van der Waals surface area contributed by atoms with Gasteiger partial charge in [-0.15, -0.1) is 0 Å². The Morgan fingerprint density at radius 2 is 1.70 bits per heavy atom. The maximum Gasteiger partial charge on any atom is 0.152 e. The molecule has 0 heterocycles. The summed E-state index contributed by atoms with van der Waals surface area (Å²) >= 11 is 0. The predicted octanol–water partition coefficient (Wildman–Crippen LogP) is 5.02. The number of rotatable bonds is 4. The fourth-order valence-corrected chi connectivity index (χ4v) is 2.23. The molecule has 0 aliphatic carbocycles. The van der Waals surface area contributed by atoms with Crippen molar-refractivity contribution in [2.24, 2.45) is 0 Å². The van der Waals surface area contributed by atoms with Gasteiger partial charge >= 0.3 is 0 Å². The van der Waals surface area contributed by atoms with E-state index in [0.717, 1.165) is 18.4 Å². The lowest BCUT2D eigenvalue weighted by Gasteiger charge is -2.06. The summed E-state index contributed by atoms with van der Waals surface area (Å²) < 4.78 is 27.9. The summed E-state index contributed by atoms with van der Waals surface area (Å²) in [5.74, 6) is 2.66. The van der Waals surface area contributed by atoms with Gasteiger partial charge in [0.25, 0.3) is 0 Å². The molecule has 0 saturated carbocycles. The molecule has 23 heavy (non-hydrogen) atoms. The number of nitriles is 1. The van der Waals surface area contributed by atoms with Crippen LogP contribution in [0.15, 0.2) is 48.6 Å². The van der Waals surface area contributed by atoms with E-state index in [1.165, 1.54) is 17.7 Å². The standard InChI is InChI=1S/C20H15F2N/c1-2-3-4-6-15-8-10-16(11-9-15)17-13-19(21)18(7-5-12-23)20(22)14-17/h2-3,8-11,13-14H,4,6H2,1H3. The van der Waals surface area contributed by atoms with Crippen molar-refractivity contribution in [1.82, 2.24) is 0 Å². The van der Waals surface area contributed by atoms with Crippen LogP contribution in [0.3, 0.4) is 0 Å². The van der Waals surface area contributed by atoms with Crippen LogP contribution in [-0.2, 0) is 6.42 Å². The lowest BCUT2D eigenvalue weighted by molar-refractivity contribution is 0.578. The second kappa shape index (κ2) is 7.92. The predicted molar refractivity (Wildman–Crippen MR) is 87.4 cm³/mol. The molecule has 2 rings (SSSR count). The molecule has 0 saturated heterocycles. The molecule has 0 fully saturated rings. The molecule has 2 aromatic carbocycles. The van der Waals surface area contributed by atoms with E-state index in [2.05, 4.69) is 12.0 Å². The van der Waals surface area contributed by atoms with E-state index in [1.54, 1.807) is 6.07 Å². The Morgan fingerprint density at radius 1 is 1.04 bits per heavy atom. The number of allylic oxidation sites excluding steroid dienone is 2. The maximum absolute atomic E-state index is 13.9. The Bertz CT molecular complexity index is 792. The highest BCUT2D eigenvalue weighted by Gasteiger charge is 2.10. The molecule has 2 aromatic rings. The molecule has 3 heteroatoms. The molecule has 0 unspecified atom stereocenters. The molecule has 0 aromatic heterocycles. The molecule has 0 amide bonds. The second-order valence-corrected chi connectivity index (χ2v) is 4.98. The van der Waals surface area contributed by atoms with Crippen molar-refractivity contribution in [2.75, 3.05) is 0 Å². The zero-order chi connectivity index (χ0) is 16.7. The van der Waals surface area contributed by atoms with E-state index < -0.39 is 11.6 Å². The third-order valence-electron chi connectivity index (χ3n) is 3.41. The maximum atomic E-state index is 13.9. The van der Waals surface area contributed by atoms with Gasteiger partial charge < -0.3 is 0 Å². The van der Waals surface area contributed by atoms with E-state index in [-0.39, 0.29) is 5.56 Å². The van der Waals surface area contributed by atoms with Crippen molar-refractivity contribution in [3.05, 3.63) is 71.3 Å². The van der Waals surface area contributed by atoms with Crippen LogP contribution < -0.4 is 0 Å². The SMILES string of the molecule is CC=CCCc1ccc(-c2cc(F)c(C#CC#N)c(F)c2)cc1. The lowest BCUT2D eigenvalue weighted by Crippen LogP contribution is -1.92. The van der Waals surface area contributed by atoms with Crippen LogP contribution in [0.25, 0.3) is 11.1 Å². The van der Waals surface area contributed by atoms with Crippen LogP contribution in [0, 0.1) is 34.8 Å². The van der Waals surface area contributed by atoms with E-state index >= 15 is 0 Å². The molecule has 0 bridgehead atoms. The zero-order valence-corrected chi connectivity index (χ0v) is 12.7. The van der Waals surface area contributed by atoms with Gasteiger partial charge in [-0.25, -0.2) is 8.78 Å². The number of hydrogen-bond acceptors (Lipinski definition) is 1. The molecule has 0 atom stereocenters. The van der Waals surface area contributed by atoms with Crippen LogP contribution in [0.1, 0.15) is 24.5 Å². The van der Waals surface area contributed by atoms with Crippen molar-refractivity contribution in [1.29, 1.82) is 5.26 Å². The summed E-state index contributed by atoms with van der Waals surface area (Å²) in [5, 5.41) is 8.37. The highest BCUT2D eigenvalue weighted by molar-refractivity contribution is 5.65. The van der Waals surface area contributed by atoms with Crippen LogP contribution in [-0.4, -0.2) is 0 Å². The van der Waals surface area contributed by atoms with Gasteiger partial charge in [0.1, 0.15) is 11.6 Å². The Kier molecular flexibility index (Phi) is 5.67. The normalized spacial score (nSPS) is 10.2. The van der Waals surface area contributed by atoms with Crippen LogP contribution in [0.5, 0.6) is 0 Å². The van der Waals surface area contributed by atoms with Crippen LogP contribution >= 0.6 is 0 Å². The Hall–Kier alpha value is -2.91. The quantitative estimate of drug-likeness (QED) is 0.575. The monoisotopic (exact) mass is 307 g/mol. The second-order valence-electron chi connectivity index (χ2n) is 4.98. The first kappa shape index (κ1) is 16.5. The molecule has 1 nitrogen and oxygen atoms in total. The first-order valence-corrected chi connectivity index (χ1v) is 7.25. The first-order valence-electron chi connectivity index (χ1n) is 7.25. The lowest BCUT2D eigenvalue weighted by atomic mass is 10.0. The van der Waals surface area contributed by atoms with Gasteiger partial charge in [0.15, 0.2) is 6.07 Å². The van der Waals surface area contributed by atoms with Gasteiger partial charge in [0.05, 0.1) is 5.56 Å². The van der Waals surface area contributed by atoms with Gasteiger partial charge in [-0.2, -0.15) is 5.26 Å². The fraction of sp³-hybridized carbons (Fsp3) is 0.150. The van der Waals surface area contributed by atoms with Gasteiger partial charge in [0, 0.05) is 5.92 Å².